The summed E-state index contributed by atoms with van der Waals surface area (Å²) in [6.07, 6.45) is 0.754. The molecule has 28 heavy (non-hydrogen) atoms. The monoisotopic (exact) mass is 364 g/mol. The van der Waals surface area contributed by atoms with Crippen LogP contribution in [0.25, 0.3) is 11.1 Å². The van der Waals surface area contributed by atoms with E-state index in [-0.39, 0.29) is 11.7 Å². The Hall–Kier alpha value is -3.19. The molecule has 1 heteroatoms. The van der Waals surface area contributed by atoms with Crippen molar-refractivity contribution in [3.63, 3.8) is 0 Å². The first kappa shape index (κ1) is 18.2. The zero-order valence-electron chi connectivity index (χ0n) is 16.4. The summed E-state index contributed by atoms with van der Waals surface area (Å²) in [5, 5.41) is 0. The van der Waals surface area contributed by atoms with Gasteiger partial charge in [0.1, 0.15) is 5.78 Å². The van der Waals surface area contributed by atoms with Crippen LogP contribution in [0.1, 0.15) is 37.0 Å². The lowest BCUT2D eigenvalue weighted by Crippen LogP contribution is -2.09. The maximum atomic E-state index is 12.6. The van der Waals surface area contributed by atoms with Gasteiger partial charge in [0.2, 0.25) is 0 Å². The number of benzene rings is 3. The van der Waals surface area contributed by atoms with E-state index in [1.165, 1.54) is 33.4 Å². The molecule has 0 bridgehead atoms. The molecule has 0 amide bonds. The van der Waals surface area contributed by atoms with Crippen LogP contribution in [0.2, 0.25) is 0 Å². The Morgan fingerprint density at radius 3 is 1.68 bits per heavy atom. The Balaban J connectivity index is 1.99. The van der Waals surface area contributed by atoms with Gasteiger partial charge in [0.25, 0.3) is 0 Å². The number of hydrogen-bond acceptors (Lipinski definition) is 1. The van der Waals surface area contributed by atoms with E-state index in [0.29, 0.717) is 0 Å². The van der Waals surface area contributed by atoms with Crippen molar-refractivity contribution in [2.45, 2.75) is 20.3 Å². The lowest BCUT2D eigenvalue weighted by atomic mass is 9.89. The molecule has 4 rings (SSSR count). The zero-order chi connectivity index (χ0) is 19.5. The van der Waals surface area contributed by atoms with Gasteiger partial charge in [-0.3, -0.25) is 4.79 Å². The van der Waals surface area contributed by atoms with E-state index in [1.54, 1.807) is 6.92 Å². The van der Waals surface area contributed by atoms with Crippen molar-refractivity contribution in [2.24, 2.45) is 5.92 Å². The molecule has 1 atom stereocenters. The van der Waals surface area contributed by atoms with Crippen LogP contribution < -0.4 is 0 Å². The van der Waals surface area contributed by atoms with Gasteiger partial charge in [0.15, 0.2) is 0 Å². The fourth-order valence-electron chi connectivity index (χ4n) is 4.28. The quantitative estimate of drug-likeness (QED) is 0.511. The highest BCUT2D eigenvalue weighted by Crippen LogP contribution is 2.46. The standard InChI is InChI=1S/C27H24O/c1-19-24(18-25(20(2)28)26(19)21-12-6-3-7-13-21)27(22-14-8-4-9-15-22)23-16-10-5-11-17-23/h3-17,25H,18H2,1-2H3. The lowest BCUT2D eigenvalue weighted by Gasteiger charge is -2.14. The average Bonchev–Trinajstić information content (AvgIpc) is 3.08. The molecule has 0 N–H and O–H groups in total. The van der Waals surface area contributed by atoms with Crippen LogP contribution >= 0.6 is 0 Å². The van der Waals surface area contributed by atoms with Crippen LogP contribution in [-0.2, 0) is 4.79 Å². The van der Waals surface area contributed by atoms with Crippen molar-refractivity contribution in [2.75, 3.05) is 0 Å². The molecule has 3 aromatic rings. The fourth-order valence-corrected chi connectivity index (χ4v) is 4.28. The highest BCUT2D eigenvalue weighted by molar-refractivity contribution is 5.99. The molecule has 138 valence electrons. The van der Waals surface area contributed by atoms with Crippen molar-refractivity contribution >= 4 is 16.9 Å². The van der Waals surface area contributed by atoms with Crippen LogP contribution in [0.4, 0.5) is 0 Å². The molecule has 0 saturated heterocycles. The minimum atomic E-state index is -0.0835. The topological polar surface area (TPSA) is 17.1 Å². The molecule has 0 aliphatic heterocycles. The highest BCUT2D eigenvalue weighted by atomic mass is 16.1. The number of rotatable bonds is 4. The van der Waals surface area contributed by atoms with Gasteiger partial charge in [0.05, 0.1) is 0 Å². The van der Waals surface area contributed by atoms with Crippen molar-refractivity contribution in [3.8, 4) is 0 Å². The largest absolute Gasteiger partial charge is 0.299 e. The van der Waals surface area contributed by atoms with Gasteiger partial charge >= 0.3 is 0 Å². The SMILES string of the molecule is CC(=O)C1CC(=C(c2ccccc2)c2ccccc2)C(C)=C1c1ccccc1. The van der Waals surface area contributed by atoms with Crippen molar-refractivity contribution in [1.82, 2.24) is 0 Å². The van der Waals surface area contributed by atoms with Crippen LogP contribution in [0.3, 0.4) is 0 Å². The Kier molecular flexibility index (Phi) is 5.08. The van der Waals surface area contributed by atoms with E-state index < -0.39 is 0 Å². The number of carbonyl (C=O) groups excluding carboxylic acids is 1. The third kappa shape index (κ3) is 3.36. The van der Waals surface area contributed by atoms with Crippen LogP contribution in [0, 0.1) is 5.92 Å². The highest BCUT2D eigenvalue weighted by Gasteiger charge is 2.33. The Morgan fingerprint density at radius 1 is 0.750 bits per heavy atom. The Labute approximate surface area is 167 Å². The summed E-state index contributed by atoms with van der Waals surface area (Å²) in [6, 6.07) is 31.4. The summed E-state index contributed by atoms with van der Waals surface area (Å²) in [7, 11) is 0. The van der Waals surface area contributed by atoms with Crippen molar-refractivity contribution in [3.05, 3.63) is 119 Å². The molecule has 1 unspecified atom stereocenters. The molecular formula is C27H24O. The second-order valence-electron chi connectivity index (χ2n) is 7.36. The second-order valence-corrected chi connectivity index (χ2v) is 7.36. The summed E-state index contributed by atoms with van der Waals surface area (Å²) in [5.41, 5.74) is 8.45. The Morgan fingerprint density at radius 2 is 1.21 bits per heavy atom. The van der Waals surface area contributed by atoms with E-state index in [9.17, 15) is 4.79 Å². The number of allylic oxidation sites excluding steroid dienone is 3. The normalized spacial score (nSPS) is 16.4. The number of ketones is 1. The fraction of sp³-hybridized carbons (Fsp3) is 0.148. The minimum absolute atomic E-state index is 0.0835. The second kappa shape index (κ2) is 7.82. The maximum Gasteiger partial charge on any atom is 0.137 e. The number of carbonyl (C=O) groups is 1. The van der Waals surface area contributed by atoms with Crippen LogP contribution in [0.5, 0.6) is 0 Å². The van der Waals surface area contributed by atoms with E-state index in [1.807, 2.05) is 30.3 Å². The van der Waals surface area contributed by atoms with Crippen LogP contribution in [0.15, 0.2) is 102 Å². The molecule has 0 saturated carbocycles. The first-order valence-electron chi connectivity index (χ1n) is 9.78. The van der Waals surface area contributed by atoms with Gasteiger partial charge in [-0.25, -0.2) is 0 Å². The molecule has 0 heterocycles. The predicted octanol–water partition coefficient (Wildman–Crippen LogP) is 6.57. The first-order valence-corrected chi connectivity index (χ1v) is 9.78. The summed E-state index contributed by atoms with van der Waals surface area (Å²) in [4.78, 5) is 12.6. The third-order valence-electron chi connectivity index (χ3n) is 5.62. The number of Topliss-reactive ketones (excluding diaryl/α,β-unsaturated/α-hetero) is 1. The summed E-state index contributed by atoms with van der Waals surface area (Å²) in [5.74, 6) is 0.147. The van der Waals surface area contributed by atoms with Gasteiger partial charge < -0.3 is 0 Å². The molecular weight excluding hydrogens is 340 g/mol. The van der Waals surface area contributed by atoms with Crippen molar-refractivity contribution < 1.29 is 4.79 Å². The summed E-state index contributed by atoms with van der Waals surface area (Å²) in [6.45, 7) is 3.89. The first-order chi connectivity index (χ1) is 13.7. The molecule has 3 aromatic carbocycles. The smallest absolute Gasteiger partial charge is 0.137 e. The minimum Gasteiger partial charge on any atom is -0.299 e. The number of hydrogen-bond donors (Lipinski definition) is 0. The molecule has 1 aliphatic rings. The maximum absolute atomic E-state index is 12.6. The lowest BCUT2D eigenvalue weighted by molar-refractivity contribution is -0.118. The average molecular weight is 364 g/mol. The summed E-state index contributed by atoms with van der Waals surface area (Å²) >= 11 is 0. The van der Waals surface area contributed by atoms with Crippen molar-refractivity contribution in [1.29, 1.82) is 0 Å². The van der Waals surface area contributed by atoms with Crippen LogP contribution in [-0.4, -0.2) is 5.78 Å². The van der Waals surface area contributed by atoms with E-state index >= 15 is 0 Å². The summed E-state index contributed by atoms with van der Waals surface area (Å²) < 4.78 is 0. The predicted molar refractivity (Wildman–Crippen MR) is 117 cm³/mol. The zero-order valence-corrected chi connectivity index (χ0v) is 16.4. The van der Waals surface area contributed by atoms with Gasteiger partial charge in [-0.1, -0.05) is 91.0 Å². The van der Waals surface area contributed by atoms with E-state index in [0.717, 1.165) is 12.0 Å². The molecule has 0 spiro atoms. The third-order valence-corrected chi connectivity index (χ3v) is 5.62. The van der Waals surface area contributed by atoms with Gasteiger partial charge in [-0.2, -0.15) is 0 Å². The van der Waals surface area contributed by atoms with E-state index in [2.05, 4.69) is 67.6 Å². The molecule has 1 nitrogen and oxygen atoms in total. The Bertz CT molecular complexity index is 1000. The molecule has 1 aliphatic carbocycles. The molecule has 0 radical (unpaired) electrons. The van der Waals surface area contributed by atoms with E-state index in [4.69, 9.17) is 0 Å². The van der Waals surface area contributed by atoms with Gasteiger partial charge in [-0.05, 0) is 59.3 Å². The molecule has 0 aromatic heterocycles. The molecule has 0 fully saturated rings. The van der Waals surface area contributed by atoms with Gasteiger partial charge in [-0.15, -0.1) is 0 Å². The van der Waals surface area contributed by atoms with Gasteiger partial charge in [0, 0.05) is 5.92 Å².